The topological polar surface area (TPSA) is 101 Å². The number of nitro benzene ring substituents is 1. The first kappa shape index (κ1) is 17.3. The van der Waals surface area contributed by atoms with Gasteiger partial charge in [-0.2, -0.15) is 0 Å². The van der Waals surface area contributed by atoms with E-state index in [1.807, 2.05) is 5.32 Å². The largest absolute Gasteiger partial charge is 0.316 e. The van der Waals surface area contributed by atoms with E-state index in [-0.39, 0.29) is 16.4 Å². The number of hydrogen-bond donors (Lipinski definition) is 2. The van der Waals surface area contributed by atoms with Crippen LogP contribution in [0.2, 0.25) is 5.02 Å². The molecule has 0 heterocycles. The molecule has 0 radical (unpaired) electrons. The summed E-state index contributed by atoms with van der Waals surface area (Å²) in [4.78, 5) is 33.5. The molecule has 2 rings (SSSR count). The minimum Gasteiger partial charge on any atom is -0.316 e. The number of rotatable bonds is 3. The lowest BCUT2D eigenvalue weighted by Gasteiger charge is -2.08. The van der Waals surface area contributed by atoms with Crippen LogP contribution in [0.3, 0.4) is 0 Å². The molecule has 0 spiro atoms. The van der Waals surface area contributed by atoms with Crippen LogP contribution in [0.25, 0.3) is 0 Å². The highest BCUT2D eigenvalue weighted by atomic mass is 35.5. The van der Waals surface area contributed by atoms with Gasteiger partial charge < -0.3 is 10.6 Å². The predicted octanol–water partition coefficient (Wildman–Crippen LogP) is 3.10. The number of halogens is 3. The van der Waals surface area contributed by atoms with E-state index in [0.29, 0.717) is 6.07 Å². The predicted molar refractivity (Wildman–Crippen MR) is 81.7 cm³/mol. The second kappa shape index (κ2) is 7.01. The van der Waals surface area contributed by atoms with Crippen molar-refractivity contribution < 1.29 is 23.3 Å². The fourth-order valence-electron chi connectivity index (χ4n) is 1.67. The lowest BCUT2D eigenvalue weighted by atomic mass is 10.2. The Hall–Kier alpha value is -3.07. The Morgan fingerprint density at radius 3 is 2.21 bits per heavy atom. The van der Waals surface area contributed by atoms with Crippen molar-refractivity contribution in [3.05, 3.63) is 63.2 Å². The van der Waals surface area contributed by atoms with Crippen LogP contribution in [0, 0.1) is 21.7 Å². The minimum absolute atomic E-state index is 0.0327. The number of carbonyl (C=O) groups is 2. The maximum atomic E-state index is 13.4. The number of nitro groups is 1. The van der Waals surface area contributed by atoms with E-state index in [9.17, 15) is 28.5 Å². The summed E-state index contributed by atoms with van der Waals surface area (Å²) in [5.41, 5.74) is -0.910. The van der Waals surface area contributed by atoms with Gasteiger partial charge in [-0.15, -0.1) is 0 Å². The second-order valence-corrected chi connectivity index (χ2v) is 4.86. The van der Waals surface area contributed by atoms with Crippen LogP contribution in [0.4, 0.5) is 25.8 Å². The van der Waals surface area contributed by atoms with Crippen molar-refractivity contribution >= 4 is 40.5 Å². The van der Waals surface area contributed by atoms with Gasteiger partial charge in [-0.1, -0.05) is 11.6 Å². The first-order valence-electron chi connectivity index (χ1n) is 6.29. The number of non-ortho nitro benzene ring substituents is 1. The first-order valence-corrected chi connectivity index (χ1v) is 6.67. The zero-order chi connectivity index (χ0) is 17.9. The molecule has 0 aromatic heterocycles. The molecule has 0 fully saturated rings. The van der Waals surface area contributed by atoms with Gasteiger partial charge in [0.2, 0.25) is 0 Å². The van der Waals surface area contributed by atoms with E-state index in [4.69, 9.17) is 11.6 Å². The summed E-state index contributed by atoms with van der Waals surface area (Å²) in [6.45, 7) is 0. The van der Waals surface area contributed by atoms with E-state index in [2.05, 4.69) is 5.32 Å². The van der Waals surface area contributed by atoms with Crippen LogP contribution in [-0.4, -0.2) is 16.7 Å². The van der Waals surface area contributed by atoms with E-state index in [0.717, 1.165) is 24.3 Å². The Kier molecular flexibility index (Phi) is 5.05. The van der Waals surface area contributed by atoms with Gasteiger partial charge in [0.15, 0.2) is 0 Å². The van der Waals surface area contributed by atoms with Gasteiger partial charge in [0.1, 0.15) is 11.6 Å². The molecule has 24 heavy (non-hydrogen) atoms. The Labute approximate surface area is 138 Å². The highest BCUT2D eigenvalue weighted by Gasteiger charge is 2.19. The van der Waals surface area contributed by atoms with Crippen molar-refractivity contribution in [1.82, 2.24) is 0 Å². The van der Waals surface area contributed by atoms with Gasteiger partial charge in [0, 0.05) is 18.2 Å². The highest BCUT2D eigenvalue weighted by Crippen LogP contribution is 2.26. The fraction of sp³-hybridized carbons (Fsp3) is 0. The molecule has 0 aliphatic rings. The molecule has 0 unspecified atom stereocenters. The Morgan fingerprint density at radius 1 is 1.00 bits per heavy atom. The average Bonchev–Trinajstić information content (AvgIpc) is 2.51. The van der Waals surface area contributed by atoms with Crippen LogP contribution < -0.4 is 10.6 Å². The number of amides is 2. The molecule has 0 saturated carbocycles. The summed E-state index contributed by atoms with van der Waals surface area (Å²) in [7, 11) is 0. The molecule has 0 saturated heterocycles. The molecule has 2 amide bonds. The van der Waals surface area contributed by atoms with Crippen LogP contribution >= 0.6 is 11.6 Å². The van der Waals surface area contributed by atoms with Crippen molar-refractivity contribution in [2.75, 3.05) is 10.6 Å². The van der Waals surface area contributed by atoms with Gasteiger partial charge in [0.05, 0.1) is 21.3 Å². The summed E-state index contributed by atoms with van der Waals surface area (Å²) < 4.78 is 26.2. The molecule has 10 heteroatoms. The highest BCUT2D eigenvalue weighted by molar-refractivity contribution is 6.44. The summed E-state index contributed by atoms with van der Waals surface area (Å²) in [5, 5.41) is 14.7. The van der Waals surface area contributed by atoms with E-state index in [1.165, 1.54) is 6.07 Å². The van der Waals surface area contributed by atoms with Crippen LogP contribution in [0.1, 0.15) is 0 Å². The molecule has 0 bridgehead atoms. The third-order valence-electron chi connectivity index (χ3n) is 2.79. The molecule has 2 aromatic rings. The molecule has 0 aliphatic heterocycles. The fourth-order valence-corrected chi connectivity index (χ4v) is 1.84. The quantitative estimate of drug-likeness (QED) is 0.501. The second-order valence-electron chi connectivity index (χ2n) is 4.45. The minimum atomic E-state index is -1.26. The zero-order valence-electron chi connectivity index (χ0n) is 11.7. The molecular weight excluding hydrogens is 348 g/mol. The molecular formula is C14H8ClF2N3O4. The lowest BCUT2D eigenvalue weighted by molar-refractivity contribution is -0.384. The van der Waals surface area contributed by atoms with Crippen LogP contribution in [0.5, 0.6) is 0 Å². The Morgan fingerprint density at radius 2 is 1.62 bits per heavy atom. The molecule has 0 aliphatic carbocycles. The number of benzene rings is 2. The molecule has 124 valence electrons. The third kappa shape index (κ3) is 4.02. The Bertz CT molecular complexity index is 845. The van der Waals surface area contributed by atoms with Crippen molar-refractivity contribution in [3.63, 3.8) is 0 Å². The summed E-state index contributed by atoms with van der Waals surface area (Å²) >= 11 is 5.78. The lowest BCUT2D eigenvalue weighted by Crippen LogP contribution is -2.29. The van der Waals surface area contributed by atoms with Crippen molar-refractivity contribution in [3.8, 4) is 0 Å². The number of hydrogen-bond acceptors (Lipinski definition) is 4. The van der Waals surface area contributed by atoms with Crippen LogP contribution in [-0.2, 0) is 9.59 Å². The van der Waals surface area contributed by atoms with Gasteiger partial charge in [-0.3, -0.25) is 19.7 Å². The molecule has 7 nitrogen and oxygen atoms in total. The third-order valence-corrected chi connectivity index (χ3v) is 3.12. The summed E-state index contributed by atoms with van der Waals surface area (Å²) in [5.74, 6) is -4.41. The number of carbonyl (C=O) groups excluding carboxylic acids is 2. The van der Waals surface area contributed by atoms with Crippen molar-refractivity contribution in [2.45, 2.75) is 0 Å². The van der Waals surface area contributed by atoms with Gasteiger partial charge in [-0.25, -0.2) is 8.78 Å². The van der Waals surface area contributed by atoms with Crippen molar-refractivity contribution in [1.29, 1.82) is 0 Å². The molecule has 2 N–H and O–H groups in total. The normalized spacial score (nSPS) is 10.1. The average molecular weight is 356 g/mol. The summed E-state index contributed by atoms with van der Waals surface area (Å²) in [6.07, 6.45) is 0. The van der Waals surface area contributed by atoms with Gasteiger partial charge in [0.25, 0.3) is 5.69 Å². The monoisotopic (exact) mass is 355 g/mol. The Balaban J connectivity index is 2.13. The number of nitrogens with zero attached hydrogens (tertiary/aromatic N) is 1. The molecule has 2 aromatic carbocycles. The SMILES string of the molecule is O=C(Nc1ccc(F)cc1F)C(=O)Nc1cc([N+](=O)[O-])ccc1Cl. The zero-order valence-corrected chi connectivity index (χ0v) is 12.4. The maximum absolute atomic E-state index is 13.4. The van der Waals surface area contributed by atoms with Gasteiger partial charge in [-0.05, 0) is 18.2 Å². The number of nitrogens with one attached hydrogen (secondary N) is 2. The van der Waals surface area contributed by atoms with Crippen molar-refractivity contribution in [2.24, 2.45) is 0 Å². The maximum Gasteiger partial charge on any atom is 0.314 e. The molecule has 0 atom stereocenters. The standard InChI is InChI=1S/C14H8ClF2N3O4/c15-9-3-2-8(20(23)24)6-12(9)19-14(22)13(21)18-11-4-1-7(16)5-10(11)17/h1-6H,(H,18,21)(H,19,22). The van der Waals surface area contributed by atoms with E-state index < -0.39 is 34.1 Å². The van der Waals surface area contributed by atoms with Gasteiger partial charge >= 0.3 is 11.8 Å². The number of anilines is 2. The van der Waals surface area contributed by atoms with E-state index >= 15 is 0 Å². The van der Waals surface area contributed by atoms with Crippen LogP contribution in [0.15, 0.2) is 36.4 Å². The smallest absolute Gasteiger partial charge is 0.314 e. The first-order chi connectivity index (χ1) is 11.3. The van der Waals surface area contributed by atoms with E-state index in [1.54, 1.807) is 0 Å². The summed E-state index contributed by atoms with van der Waals surface area (Å²) in [6, 6.07) is 5.62.